The van der Waals surface area contributed by atoms with E-state index in [1.165, 1.54) is 41.1 Å². The van der Waals surface area contributed by atoms with Crippen LogP contribution in [0.4, 0.5) is 46.0 Å². The molecule has 0 aromatic heterocycles. The van der Waals surface area contributed by atoms with Crippen LogP contribution in [0.5, 0.6) is 0 Å². The maximum absolute atomic E-state index is 13.7. The highest BCUT2D eigenvalue weighted by Gasteiger charge is 2.43. The molecule has 230 valence electrons. The van der Waals surface area contributed by atoms with Crippen LogP contribution in [0.3, 0.4) is 0 Å². The molecule has 0 saturated carbocycles. The highest BCUT2D eigenvalue weighted by atomic mass is 19.4. The summed E-state index contributed by atoms with van der Waals surface area (Å²) in [6, 6.07) is 4.50. The van der Waals surface area contributed by atoms with E-state index in [2.05, 4.69) is 10.6 Å². The molecule has 0 aliphatic carbocycles. The Hall–Kier alpha value is -3.55. The molecule has 2 aromatic rings. The van der Waals surface area contributed by atoms with E-state index in [0.717, 1.165) is 20.1 Å². The van der Waals surface area contributed by atoms with Gasteiger partial charge in [-0.15, -0.1) is 0 Å². The normalized spacial score (nSPS) is 20.8. The van der Waals surface area contributed by atoms with Gasteiger partial charge in [-0.05, 0) is 68.8 Å². The third-order valence-electron chi connectivity index (χ3n) is 8.04. The summed E-state index contributed by atoms with van der Waals surface area (Å²) < 4.78 is 94.3. The van der Waals surface area contributed by atoms with Crippen LogP contribution >= 0.6 is 0 Å². The van der Waals surface area contributed by atoms with E-state index in [1.54, 1.807) is 0 Å². The number of hydrogen-bond donors (Lipinski definition) is 2. The first-order valence-corrected chi connectivity index (χ1v) is 13.3. The third-order valence-corrected chi connectivity index (χ3v) is 8.04. The minimum Gasteiger partial charge on any atom is -0.333 e. The standard InChI is InChI=1S/C28H32F7N5O2/c1-26(8-10-36-11-9-26)37-24(41)40-15-22(17-4-6-20(29)7-5-17)23(16-40)39(3)25(42)38(2)21-13-18(27(30,31)32)12-19(14-21)28(33,34)35/h4-7,12-14,22-23,36H,8-11,15-16H2,1-3H3,(H,37,41)/t22-,23+/m0/s1. The van der Waals surface area contributed by atoms with Gasteiger partial charge in [0.1, 0.15) is 5.82 Å². The van der Waals surface area contributed by atoms with E-state index in [9.17, 15) is 40.3 Å². The molecule has 7 nitrogen and oxygen atoms in total. The smallest absolute Gasteiger partial charge is 0.333 e. The van der Waals surface area contributed by atoms with Crippen molar-refractivity contribution in [3.05, 3.63) is 65.0 Å². The van der Waals surface area contributed by atoms with Crippen LogP contribution in [-0.4, -0.2) is 73.7 Å². The number of benzene rings is 2. The average Bonchev–Trinajstić information content (AvgIpc) is 3.37. The first kappa shape index (κ1) is 31.4. The van der Waals surface area contributed by atoms with Crippen molar-refractivity contribution in [1.29, 1.82) is 0 Å². The molecule has 0 spiro atoms. The van der Waals surface area contributed by atoms with Crippen LogP contribution in [-0.2, 0) is 12.4 Å². The highest BCUT2D eigenvalue weighted by Crippen LogP contribution is 2.39. The lowest BCUT2D eigenvalue weighted by atomic mass is 9.91. The Bertz CT molecular complexity index is 1260. The third kappa shape index (κ3) is 6.90. The molecule has 0 radical (unpaired) electrons. The van der Waals surface area contributed by atoms with Crippen molar-refractivity contribution < 1.29 is 40.3 Å². The van der Waals surface area contributed by atoms with Gasteiger partial charge in [-0.1, -0.05) is 12.1 Å². The first-order chi connectivity index (χ1) is 19.5. The molecule has 42 heavy (non-hydrogen) atoms. The Morgan fingerprint density at radius 3 is 2.00 bits per heavy atom. The number of halogens is 7. The summed E-state index contributed by atoms with van der Waals surface area (Å²) in [4.78, 5) is 30.3. The zero-order valence-corrected chi connectivity index (χ0v) is 23.2. The Kier molecular flexibility index (Phi) is 8.68. The number of alkyl halides is 6. The summed E-state index contributed by atoms with van der Waals surface area (Å²) in [7, 11) is 2.45. The number of piperidine rings is 1. The summed E-state index contributed by atoms with van der Waals surface area (Å²) in [6.45, 7) is 3.58. The molecule has 2 heterocycles. The fraction of sp³-hybridized carbons (Fsp3) is 0.500. The Morgan fingerprint density at radius 1 is 0.929 bits per heavy atom. The monoisotopic (exact) mass is 603 g/mol. The van der Waals surface area contributed by atoms with Crippen LogP contribution in [0.1, 0.15) is 42.4 Å². The molecule has 0 unspecified atom stereocenters. The summed E-state index contributed by atoms with van der Waals surface area (Å²) >= 11 is 0. The van der Waals surface area contributed by atoms with Crippen LogP contribution in [0.2, 0.25) is 0 Å². The van der Waals surface area contributed by atoms with Gasteiger partial charge in [-0.25, -0.2) is 14.0 Å². The molecule has 2 N–H and O–H groups in total. The summed E-state index contributed by atoms with van der Waals surface area (Å²) in [5.41, 5.74) is -3.53. The number of anilines is 1. The number of carbonyl (C=O) groups excluding carboxylic acids is 2. The second-order valence-corrected chi connectivity index (χ2v) is 11.1. The van der Waals surface area contributed by atoms with Gasteiger partial charge in [-0.3, -0.25) is 4.90 Å². The summed E-state index contributed by atoms with van der Waals surface area (Å²) in [5, 5.41) is 6.28. The van der Waals surface area contributed by atoms with Gasteiger partial charge in [0, 0.05) is 44.3 Å². The molecule has 2 aliphatic rings. The second kappa shape index (κ2) is 11.6. The summed E-state index contributed by atoms with van der Waals surface area (Å²) in [6.07, 6.45) is -8.75. The lowest BCUT2D eigenvalue weighted by Crippen LogP contribution is -2.56. The number of carbonyl (C=O) groups is 2. The van der Waals surface area contributed by atoms with Crippen molar-refractivity contribution >= 4 is 17.7 Å². The fourth-order valence-electron chi connectivity index (χ4n) is 5.44. The molecule has 0 bridgehead atoms. The maximum Gasteiger partial charge on any atom is 0.416 e. The van der Waals surface area contributed by atoms with Gasteiger partial charge in [0.05, 0.1) is 17.2 Å². The van der Waals surface area contributed by atoms with Gasteiger partial charge in [0.2, 0.25) is 0 Å². The van der Waals surface area contributed by atoms with Crippen molar-refractivity contribution in [2.75, 3.05) is 45.2 Å². The number of urea groups is 2. The number of likely N-dealkylation sites (N-methyl/N-ethyl adjacent to an activating group) is 1. The number of likely N-dealkylation sites (tertiary alicyclic amines) is 1. The number of hydrogen-bond acceptors (Lipinski definition) is 3. The van der Waals surface area contributed by atoms with Crippen molar-refractivity contribution in [3.8, 4) is 0 Å². The topological polar surface area (TPSA) is 67.9 Å². The summed E-state index contributed by atoms with van der Waals surface area (Å²) in [5.74, 6) is -0.998. The molecule has 4 rings (SSSR count). The molecule has 2 aromatic carbocycles. The largest absolute Gasteiger partial charge is 0.416 e. The molecule has 2 fully saturated rings. The fourth-order valence-corrected chi connectivity index (χ4v) is 5.44. The molecular formula is C28H32F7N5O2. The Morgan fingerprint density at radius 2 is 1.48 bits per heavy atom. The van der Waals surface area contributed by atoms with E-state index in [0.29, 0.717) is 35.4 Å². The van der Waals surface area contributed by atoms with Crippen LogP contribution in [0.15, 0.2) is 42.5 Å². The van der Waals surface area contributed by atoms with E-state index in [-0.39, 0.29) is 25.2 Å². The van der Waals surface area contributed by atoms with Gasteiger partial charge < -0.3 is 20.4 Å². The number of nitrogens with zero attached hydrogens (tertiary/aromatic N) is 3. The van der Waals surface area contributed by atoms with Crippen LogP contribution < -0.4 is 15.5 Å². The predicted octanol–water partition coefficient (Wildman–Crippen LogP) is 5.67. The van der Waals surface area contributed by atoms with E-state index in [4.69, 9.17) is 0 Å². The molecule has 2 atom stereocenters. The van der Waals surface area contributed by atoms with Gasteiger partial charge in [-0.2, -0.15) is 26.3 Å². The number of rotatable bonds is 4. The minimum atomic E-state index is -5.08. The Labute approximate surface area is 238 Å². The quantitative estimate of drug-likeness (QED) is 0.443. The van der Waals surface area contributed by atoms with Crippen molar-refractivity contribution in [3.63, 3.8) is 0 Å². The van der Waals surface area contributed by atoms with Crippen LogP contribution in [0.25, 0.3) is 0 Å². The maximum atomic E-state index is 13.7. The number of nitrogens with one attached hydrogen (secondary N) is 2. The van der Waals surface area contributed by atoms with E-state index in [1.807, 2.05) is 6.92 Å². The van der Waals surface area contributed by atoms with E-state index < -0.39 is 58.5 Å². The van der Waals surface area contributed by atoms with Crippen molar-refractivity contribution in [2.24, 2.45) is 0 Å². The average molecular weight is 604 g/mol. The van der Waals surface area contributed by atoms with Crippen LogP contribution in [0, 0.1) is 5.82 Å². The minimum absolute atomic E-state index is 0.00751. The Balaban J connectivity index is 1.62. The lowest BCUT2D eigenvalue weighted by molar-refractivity contribution is -0.143. The zero-order chi connectivity index (χ0) is 31.0. The van der Waals surface area contributed by atoms with E-state index >= 15 is 0 Å². The van der Waals surface area contributed by atoms with Gasteiger partial charge in [0.15, 0.2) is 0 Å². The molecule has 2 aliphatic heterocycles. The van der Waals surface area contributed by atoms with Crippen molar-refractivity contribution in [2.45, 2.75) is 49.6 Å². The molecule has 2 saturated heterocycles. The molecule has 14 heteroatoms. The molecular weight excluding hydrogens is 571 g/mol. The first-order valence-electron chi connectivity index (χ1n) is 13.3. The predicted molar refractivity (Wildman–Crippen MR) is 142 cm³/mol. The van der Waals surface area contributed by atoms with Gasteiger partial charge >= 0.3 is 24.4 Å². The zero-order valence-electron chi connectivity index (χ0n) is 23.2. The molecule has 4 amide bonds. The van der Waals surface area contributed by atoms with Crippen molar-refractivity contribution in [1.82, 2.24) is 20.4 Å². The van der Waals surface area contributed by atoms with Gasteiger partial charge in [0.25, 0.3) is 0 Å². The number of amides is 4. The SMILES string of the molecule is CN(C(=O)N(C)[C@@H]1CN(C(=O)NC2(C)CCNCC2)C[C@H]1c1ccc(F)cc1)c1cc(C(F)(F)F)cc(C(F)(F)F)c1. The lowest BCUT2D eigenvalue weighted by Gasteiger charge is -2.36. The second-order valence-electron chi connectivity index (χ2n) is 11.1. The highest BCUT2D eigenvalue weighted by molar-refractivity contribution is 5.92.